The molecule has 0 aliphatic carbocycles. The van der Waals surface area contributed by atoms with Gasteiger partial charge in [-0.2, -0.15) is 0 Å². The van der Waals surface area contributed by atoms with Gasteiger partial charge in [0.25, 0.3) is 0 Å². The van der Waals surface area contributed by atoms with Gasteiger partial charge in [0.15, 0.2) is 6.10 Å². The number of carbonyl (C=O) groups excluding carboxylic acids is 1. The first-order valence-corrected chi connectivity index (χ1v) is 14.4. The van der Waals surface area contributed by atoms with E-state index >= 15 is 0 Å². The maximum atomic E-state index is 11.9. The third-order valence-electron chi connectivity index (χ3n) is 5.17. The molecular formula is C24H32N2O5Si. The molecule has 0 saturated heterocycles. The van der Waals surface area contributed by atoms with Crippen LogP contribution in [0.5, 0.6) is 0 Å². The first-order valence-electron chi connectivity index (χ1n) is 10.7. The van der Waals surface area contributed by atoms with Crippen molar-refractivity contribution in [3.63, 3.8) is 0 Å². The summed E-state index contributed by atoms with van der Waals surface area (Å²) in [7, 11) is 0.0448. The molecule has 0 fully saturated rings. The molecule has 3 aromatic rings. The zero-order valence-corrected chi connectivity index (χ0v) is 20.2. The normalized spacial score (nSPS) is 12.8. The molecule has 8 heteroatoms. The summed E-state index contributed by atoms with van der Waals surface area (Å²) in [4.78, 5) is 16.6. The highest BCUT2D eigenvalue weighted by Crippen LogP contribution is 2.26. The molecule has 1 unspecified atom stereocenters. The first kappa shape index (κ1) is 24.1. The largest absolute Gasteiger partial charge is 0.467 e. The SMILES string of the molecule is COC(=O)C(O)c1cccc2c1nc(COCc1ccccc1)n2COCC[Si](C)(C)C. The van der Waals surface area contributed by atoms with Gasteiger partial charge in [0.1, 0.15) is 19.2 Å². The van der Waals surface area contributed by atoms with Crippen molar-refractivity contribution >= 4 is 25.1 Å². The molecule has 32 heavy (non-hydrogen) atoms. The van der Waals surface area contributed by atoms with Crippen molar-refractivity contribution in [1.29, 1.82) is 0 Å². The number of carbonyl (C=O) groups is 1. The number of aliphatic hydroxyl groups is 1. The highest BCUT2D eigenvalue weighted by atomic mass is 28.3. The number of imidazole rings is 1. The van der Waals surface area contributed by atoms with Gasteiger partial charge in [-0.25, -0.2) is 9.78 Å². The number of fused-ring (bicyclic) bond motifs is 1. The number of aromatic nitrogens is 2. The van der Waals surface area contributed by atoms with E-state index in [1.807, 2.05) is 41.0 Å². The number of rotatable bonds is 11. The van der Waals surface area contributed by atoms with E-state index in [1.54, 1.807) is 12.1 Å². The van der Waals surface area contributed by atoms with E-state index in [0.717, 1.165) is 17.1 Å². The van der Waals surface area contributed by atoms with Crippen LogP contribution in [-0.2, 0) is 38.9 Å². The monoisotopic (exact) mass is 456 g/mol. The molecule has 0 saturated carbocycles. The molecule has 0 bridgehead atoms. The van der Waals surface area contributed by atoms with Crippen molar-refractivity contribution in [2.24, 2.45) is 0 Å². The van der Waals surface area contributed by atoms with Crippen LogP contribution < -0.4 is 0 Å². The number of aliphatic hydroxyl groups excluding tert-OH is 1. The number of ether oxygens (including phenoxy) is 3. The van der Waals surface area contributed by atoms with Crippen LogP contribution in [0.25, 0.3) is 11.0 Å². The van der Waals surface area contributed by atoms with Crippen LogP contribution in [0.4, 0.5) is 0 Å². The van der Waals surface area contributed by atoms with E-state index in [1.165, 1.54) is 7.11 Å². The first-order chi connectivity index (χ1) is 15.3. The average Bonchev–Trinajstić information content (AvgIpc) is 3.13. The van der Waals surface area contributed by atoms with E-state index in [2.05, 4.69) is 19.6 Å². The summed E-state index contributed by atoms with van der Waals surface area (Å²) in [6.45, 7) is 8.66. The molecule has 2 aromatic carbocycles. The van der Waals surface area contributed by atoms with Gasteiger partial charge in [-0.3, -0.25) is 0 Å². The number of para-hydroxylation sites is 1. The smallest absolute Gasteiger partial charge is 0.339 e. The van der Waals surface area contributed by atoms with Crippen LogP contribution in [0, 0.1) is 0 Å². The molecule has 0 aliphatic heterocycles. The number of methoxy groups -OCH3 is 1. The Balaban J connectivity index is 1.85. The minimum atomic E-state index is -1.40. The zero-order valence-electron chi connectivity index (χ0n) is 19.2. The number of benzene rings is 2. The van der Waals surface area contributed by atoms with Gasteiger partial charge < -0.3 is 23.9 Å². The van der Waals surface area contributed by atoms with Gasteiger partial charge in [0, 0.05) is 20.2 Å². The van der Waals surface area contributed by atoms with E-state index < -0.39 is 20.1 Å². The lowest BCUT2D eigenvalue weighted by Crippen LogP contribution is -2.22. The van der Waals surface area contributed by atoms with Gasteiger partial charge in [0.05, 0.1) is 24.8 Å². The summed E-state index contributed by atoms with van der Waals surface area (Å²) in [5.41, 5.74) is 2.79. The van der Waals surface area contributed by atoms with Crippen LogP contribution in [0.15, 0.2) is 48.5 Å². The summed E-state index contributed by atoms with van der Waals surface area (Å²) in [5.74, 6) is -0.0474. The molecule has 0 amide bonds. The van der Waals surface area contributed by atoms with Gasteiger partial charge >= 0.3 is 5.97 Å². The zero-order chi connectivity index (χ0) is 23.1. The molecule has 1 N–H and O–H groups in total. The average molecular weight is 457 g/mol. The summed E-state index contributed by atoms with van der Waals surface area (Å²) >= 11 is 0. The predicted octanol–water partition coefficient (Wildman–Crippen LogP) is 4.27. The predicted molar refractivity (Wildman–Crippen MR) is 126 cm³/mol. The molecule has 0 aliphatic rings. The minimum absolute atomic E-state index is 0.273. The Kier molecular flexibility index (Phi) is 8.19. The number of hydrogen-bond donors (Lipinski definition) is 1. The van der Waals surface area contributed by atoms with E-state index in [4.69, 9.17) is 19.2 Å². The van der Waals surface area contributed by atoms with Crippen molar-refractivity contribution in [3.05, 3.63) is 65.5 Å². The molecule has 0 spiro atoms. The Bertz CT molecular complexity index is 1030. The molecular weight excluding hydrogens is 424 g/mol. The fourth-order valence-electron chi connectivity index (χ4n) is 3.30. The fraction of sp³-hybridized carbons (Fsp3) is 0.417. The van der Waals surface area contributed by atoms with Gasteiger partial charge in [0.2, 0.25) is 0 Å². The van der Waals surface area contributed by atoms with Crippen LogP contribution in [0.1, 0.15) is 23.1 Å². The highest BCUT2D eigenvalue weighted by Gasteiger charge is 2.24. The van der Waals surface area contributed by atoms with Crippen molar-refractivity contribution in [2.45, 2.75) is 51.7 Å². The Hall–Kier alpha value is -2.52. The Morgan fingerprint density at radius 2 is 1.81 bits per heavy atom. The topological polar surface area (TPSA) is 82.8 Å². The molecule has 3 rings (SSSR count). The second kappa shape index (κ2) is 10.9. The van der Waals surface area contributed by atoms with Crippen LogP contribution in [0.3, 0.4) is 0 Å². The molecule has 1 atom stereocenters. The Morgan fingerprint density at radius 3 is 2.50 bits per heavy atom. The molecule has 1 aromatic heterocycles. The van der Waals surface area contributed by atoms with Crippen molar-refractivity contribution < 1.29 is 24.1 Å². The van der Waals surface area contributed by atoms with E-state index in [0.29, 0.717) is 36.8 Å². The van der Waals surface area contributed by atoms with Crippen molar-refractivity contribution in [2.75, 3.05) is 13.7 Å². The summed E-state index contributed by atoms with van der Waals surface area (Å²) < 4.78 is 18.6. The Labute approximate surface area is 190 Å². The standard InChI is InChI=1S/C24H32N2O5Si/c1-29-24(28)23(27)19-11-8-12-20-22(19)25-21(16-31-15-18-9-6-5-7-10-18)26(20)17-30-13-14-32(2,3)4/h5-12,23,27H,13-17H2,1-4H3. The number of hydrogen-bond acceptors (Lipinski definition) is 6. The van der Waals surface area contributed by atoms with Crippen molar-refractivity contribution in [1.82, 2.24) is 9.55 Å². The minimum Gasteiger partial charge on any atom is -0.467 e. The lowest BCUT2D eigenvalue weighted by molar-refractivity contribution is -0.150. The molecule has 7 nitrogen and oxygen atoms in total. The summed E-state index contributed by atoms with van der Waals surface area (Å²) in [6.07, 6.45) is -1.40. The molecule has 172 valence electrons. The second-order valence-electron chi connectivity index (χ2n) is 8.92. The second-order valence-corrected chi connectivity index (χ2v) is 14.5. The summed E-state index contributed by atoms with van der Waals surface area (Å²) in [6, 6.07) is 16.4. The highest BCUT2D eigenvalue weighted by molar-refractivity contribution is 6.76. The molecule has 1 heterocycles. The summed E-state index contributed by atoms with van der Waals surface area (Å²) in [5, 5.41) is 10.4. The van der Waals surface area contributed by atoms with Crippen LogP contribution in [-0.4, -0.2) is 42.4 Å². The number of esters is 1. The number of nitrogens with zero attached hydrogens (tertiary/aromatic N) is 2. The van der Waals surface area contributed by atoms with Gasteiger partial charge in [-0.05, 0) is 17.7 Å². The van der Waals surface area contributed by atoms with Crippen LogP contribution >= 0.6 is 0 Å². The quantitative estimate of drug-likeness (QED) is 0.264. The lowest BCUT2D eigenvalue weighted by Gasteiger charge is -2.16. The molecule has 0 radical (unpaired) electrons. The van der Waals surface area contributed by atoms with Crippen molar-refractivity contribution in [3.8, 4) is 0 Å². The third kappa shape index (κ3) is 6.26. The maximum Gasteiger partial charge on any atom is 0.339 e. The maximum absolute atomic E-state index is 11.9. The van der Waals surface area contributed by atoms with Gasteiger partial charge in [-0.15, -0.1) is 0 Å². The van der Waals surface area contributed by atoms with E-state index in [-0.39, 0.29) is 6.61 Å². The third-order valence-corrected chi connectivity index (χ3v) is 6.87. The fourth-order valence-corrected chi connectivity index (χ4v) is 4.06. The van der Waals surface area contributed by atoms with Gasteiger partial charge in [-0.1, -0.05) is 62.1 Å². The van der Waals surface area contributed by atoms with Crippen LogP contribution in [0.2, 0.25) is 25.7 Å². The Morgan fingerprint density at radius 1 is 1.06 bits per heavy atom. The van der Waals surface area contributed by atoms with E-state index in [9.17, 15) is 9.90 Å². The lowest BCUT2D eigenvalue weighted by atomic mass is 10.1.